The molecule has 1 N–H and O–H groups in total. The fourth-order valence-electron chi connectivity index (χ4n) is 1.22. The number of aromatic nitrogens is 2. The first-order chi connectivity index (χ1) is 6.69. The zero-order valence-electron chi connectivity index (χ0n) is 9.22. The summed E-state index contributed by atoms with van der Waals surface area (Å²) in [6, 6.07) is 0. The van der Waals surface area contributed by atoms with Gasteiger partial charge in [0.25, 0.3) is 0 Å². The SMILES string of the molecule is CCNc1nc(CSC)nc(C)c1C. The van der Waals surface area contributed by atoms with Crippen molar-refractivity contribution in [1.29, 1.82) is 0 Å². The van der Waals surface area contributed by atoms with Gasteiger partial charge in [-0.15, -0.1) is 0 Å². The Morgan fingerprint density at radius 2 is 2.00 bits per heavy atom. The molecule has 0 aliphatic heterocycles. The fourth-order valence-corrected chi connectivity index (χ4v) is 1.61. The van der Waals surface area contributed by atoms with Crippen molar-refractivity contribution in [2.45, 2.75) is 26.5 Å². The highest BCUT2D eigenvalue weighted by Gasteiger charge is 2.06. The fraction of sp³-hybridized carbons (Fsp3) is 0.600. The molecule has 0 aliphatic rings. The van der Waals surface area contributed by atoms with E-state index in [9.17, 15) is 0 Å². The Hall–Kier alpha value is -0.770. The van der Waals surface area contributed by atoms with Crippen molar-refractivity contribution >= 4 is 17.6 Å². The van der Waals surface area contributed by atoms with Crippen molar-refractivity contribution in [3.8, 4) is 0 Å². The molecule has 78 valence electrons. The molecule has 0 aromatic carbocycles. The van der Waals surface area contributed by atoms with Gasteiger partial charge < -0.3 is 5.32 Å². The molecule has 0 amide bonds. The van der Waals surface area contributed by atoms with Crippen LogP contribution in [0.1, 0.15) is 24.0 Å². The maximum atomic E-state index is 4.47. The predicted octanol–water partition coefficient (Wildman–Crippen LogP) is 2.39. The maximum Gasteiger partial charge on any atom is 0.140 e. The van der Waals surface area contributed by atoms with Crippen molar-refractivity contribution in [3.63, 3.8) is 0 Å². The minimum absolute atomic E-state index is 0.875. The van der Waals surface area contributed by atoms with E-state index in [1.54, 1.807) is 11.8 Å². The van der Waals surface area contributed by atoms with Gasteiger partial charge in [0, 0.05) is 17.8 Å². The summed E-state index contributed by atoms with van der Waals surface area (Å²) in [5.74, 6) is 2.76. The van der Waals surface area contributed by atoms with Crippen molar-refractivity contribution < 1.29 is 0 Å². The molecule has 1 heterocycles. The minimum atomic E-state index is 0.875. The van der Waals surface area contributed by atoms with E-state index in [2.05, 4.69) is 35.4 Å². The molecule has 0 unspecified atom stereocenters. The van der Waals surface area contributed by atoms with Gasteiger partial charge in [-0.25, -0.2) is 9.97 Å². The summed E-state index contributed by atoms with van der Waals surface area (Å²) in [4.78, 5) is 8.90. The highest BCUT2D eigenvalue weighted by molar-refractivity contribution is 7.97. The quantitative estimate of drug-likeness (QED) is 0.830. The summed E-state index contributed by atoms with van der Waals surface area (Å²) in [7, 11) is 0. The lowest BCUT2D eigenvalue weighted by Gasteiger charge is -2.10. The number of nitrogens with zero attached hydrogens (tertiary/aromatic N) is 2. The second kappa shape index (κ2) is 5.20. The highest BCUT2D eigenvalue weighted by atomic mass is 32.2. The molecular weight excluding hydrogens is 194 g/mol. The van der Waals surface area contributed by atoms with Crippen LogP contribution in [0.3, 0.4) is 0 Å². The molecule has 0 spiro atoms. The number of hydrogen-bond donors (Lipinski definition) is 1. The Labute approximate surface area is 89.7 Å². The Morgan fingerprint density at radius 1 is 1.29 bits per heavy atom. The number of nitrogens with one attached hydrogen (secondary N) is 1. The first-order valence-corrected chi connectivity index (χ1v) is 6.15. The lowest BCUT2D eigenvalue weighted by atomic mass is 10.2. The van der Waals surface area contributed by atoms with Crippen LogP contribution in [0.25, 0.3) is 0 Å². The second-order valence-electron chi connectivity index (χ2n) is 3.16. The second-order valence-corrected chi connectivity index (χ2v) is 4.03. The number of thioether (sulfide) groups is 1. The van der Waals surface area contributed by atoms with Gasteiger partial charge in [-0.1, -0.05) is 0 Å². The molecule has 1 aromatic heterocycles. The van der Waals surface area contributed by atoms with Crippen LogP contribution in [0.2, 0.25) is 0 Å². The number of rotatable bonds is 4. The van der Waals surface area contributed by atoms with Crippen LogP contribution in [-0.2, 0) is 5.75 Å². The van der Waals surface area contributed by atoms with Crippen molar-refractivity contribution in [3.05, 3.63) is 17.1 Å². The monoisotopic (exact) mass is 211 g/mol. The summed E-state index contributed by atoms with van der Waals surface area (Å²) in [6.07, 6.45) is 2.06. The topological polar surface area (TPSA) is 37.8 Å². The molecule has 0 radical (unpaired) electrons. The van der Waals surface area contributed by atoms with Gasteiger partial charge >= 0.3 is 0 Å². The molecule has 1 aromatic rings. The predicted molar refractivity (Wildman–Crippen MR) is 62.9 cm³/mol. The Balaban J connectivity index is 3.01. The first kappa shape index (κ1) is 11.3. The average Bonchev–Trinajstić information content (AvgIpc) is 2.14. The molecule has 0 fully saturated rings. The average molecular weight is 211 g/mol. The Morgan fingerprint density at radius 3 is 2.57 bits per heavy atom. The summed E-state index contributed by atoms with van der Waals surface area (Å²) in [5.41, 5.74) is 2.22. The smallest absolute Gasteiger partial charge is 0.140 e. The molecule has 0 saturated carbocycles. The van der Waals surface area contributed by atoms with E-state index in [1.165, 1.54) is 0 Å². The molecule has 0 atom stereocenters. The summed E-state index contributed by atoms with van der Waals surface area (Å²) < 4.78 is 0. The molecule has 0 saturated heterocycles. The maximum absolute atomic E-state index is 4.47. The molecule has 1 rings (SSSR count). The van der Waals surface area contributed by atoms with E-state index in [4.69, 9.17) is 0 Å². The summed E-state index contributed by atoms with van der Waals surface area (Å²) in [5, 5.41) is 3.26. The van der Waals surface area contributed by atoms with Crippen LogP contribution in [0.4, 0.5) is 5.82 Å². The van der Waals surface area contributed by atoms with Gasteiger partial charge in [0.2, 0.25) is 0 Å². The van der Waals surface area contributed by atoms with Crippen LogP contribution in [0.5, 0.6) is 0 Å². The van der Waals surface area contributed by atoms with Crippen molar-refractivity contribution in [2.75, 3.05) is 18.1 Å². The van der Waals surface area contributed by atoms with Crippen LogP contribution < -0.4 is 5.32 Å². The Kier molecular flexibility index (Phi) is 4.20. The van der Waals surface area contributed by atoms with Crippen LogP contribution in [0, 0.1) is 13.8 Å². The first-order valence-electron chi connectivity index (χ1n) is 4.76. The lowest BCUT2D eigenvalue weighted by molar-refractivity contribution is 0.965. The molecule has 14 heavy (non-hydrogen) atoms. The summed E-state index contributed by atoms with van der Waals surface area (Å²) in [6.45, 7) is 7.05. The van der Waals surface area contributed by atoms with Crippen molar-refractivity contribution in [1.82, 2.24) is 9.97 Å². The third-order valence-electron chi connectivity index (χ3n) is 2.05. The van der Waals surface area contributed by atoms with E-state index in [-0.39, 0.29) is 0 Å². The normalized spacial score (nSPS) is 10.3. The van der Waals surface area contributed by atoms with E-state index in [0.717, 1.165) is 35.2 Å². The number of hydrogen-bond acceptors (Lipinski definition) is 4. The Bertz CT molecular complexity index is 312. The zero-order chi connectivity index (χ0) is 10.6. The van der Waals surface area contributed by atoms with Gasteiger partial charge in [0.05, 0.1) is 5.75 Å². The van der Waals surface area contributed by atoms with Gasteiger partial charge in [-0.3, -0.25) is 0 Å². The minimum Gasteiger partial charge on any atom is -0.370 e. The molecular formula is C10H17N3S. The molecule has 0 aliphatic carbocycles. The highest BCUT2D eigenvalue weighted by Crippen LogP contribution is 2.16. The van der Waals surface area contributed by atoms with Gasteiger partial charge in [0.15, 0.2) is 0 Å². The lowest BCUT2D eigenvalue weighted by Crippen LogP contribution is -2.07. The number of anilines is 1. The standard InChI is InChI=1S/C10H17N3S/c1-5-11-10-7(2)8(3)12-9(13-10)6-14-4/h5-6H2,1-4H3,(H,11,12,13). The zero-order valence-corrected chi connectivity index (χ0v) is 10.0. The van der Waals surface area contributed by atoms with Crippen LogP contribution >= 0.6 is 11.8 Å². The molecule has 3 nitrogen and oxygen atoms in total. The molecule has 0 bridgehead atoms. The van der Waals surface area contributed by atoms with Gasteiger partial charge in [0.1, 0.15) is 11.6 Å². The van der Waals surface area contributed by atoms with E-state index in [0.29, 0.717) is 0 Å². The van der Waals surface area contributed by atoms with Crippen LogP contribution in [-0.4, -0.2) is 22.8 Å². The van der Waals surface area contributed by atoms with Gasteiger partial charge in [-0.05, 0) is 27.0 Å². The third kappa shape index (κ3) is 2.61. The van der Waals surface area contributed by atoms with Crippen molar-refractivity contribution in [2.24, 2.45) is 0 Å². The van der Waals surface area contributed by atoms with E-state index >= 15 is 0 Å². The van der Waals surface area contributed by atoms with Gasteiger partial charge in [-0.2, -0.15) is 11.8 Å². The van der Waals surface area contributed by atoms with E-state index < -0.39 is 0 Å². The third-order valence-corrected chi connectivity index (χ3v) is 2.60. The largest absolute Gasteiger partial charge is 0.370 e. The van der Waals surface area contributed by atoms with E-state index in [1.807, 2.05) is 6.92 Å². The summed E-state index contributed by atoms with van der Waals surface area (Å²) >= 11 is 1.74. The number of aryl methyl sites for hydroxylation is 1. The van der Waals surface area contributed by atoms with Crippen LogP contribution in [0.15, 0.2) is 0 Å². The molecule has 4 heteroatoms.